The predicted molar refractivity (Wildman–Crippen MR) is 85.8 cm³/mol. The Morgan fingerprint density at radius 2 is 2.39 bits per heavy atom. The van der Waals surface area contributed by atoms with Gasteiger partial charge in [-0.25, -0.2) is 8.42 Å². The maximum absolute atomic E-state index is 12.8. The van der Waals surface area contributed by atoms with Crippen LogP contribution in [0.4, 0.5) is 0 Å². The summed E-state index contributed by atoms with van der Waals surface area (Å²) in [5.41, 5.74) is -0.277. The molecule has 0 radical (unpaired) electrons. The molecule has 2 fully saturated rings. The van der Waals surface area contributed by atoms with Crippen LogP contribution in [0, 0.1) is 5.92 Å². The third-order valence-electron chi connectivity index (χ3n) is 5.14. The molecule has 124 valence electrons. The first kappa shape index (κ1) is 15.3. The van der Waals surface area contributed by atoms with Crippen molar-refractivity contribution < 1.29 is 12.9 Å². The van der Waals surface area contributed by atoms with Crippen molar-refractivity contribution >= 4 is 21.4 Å². The summed E-state index contributed by atoms with van der Waals surface area (Å²) in [6.45, 7) is 2.99. The van der Waals surface area contributed by atoms with Crippen molar-refractivity contribution in [3.05, 3.63) is 29.2 Å². The summed E-state index contributed by atoms with van der Waals surface area (Å²) in [5.74, 6) is 1.60. The number of hydrogen-bond donors (Lipinski definition) is 0. The molecule has 0 spiro atoms. The first-order valence-electron chi connectivity index (χ1n) is 7.93. The van der Waals surface area contributed by atoms with Crippen LogP contribution < -0.4 is 0 Å². The molecule has 4 rings (SSSR count). The lowest BCUT2D eigenvalue weighted by Crippen LogP contribution is -2.35. The average molecular weight is 353 g/mol. The second kappa shape index (κ2) is 5.39. The van der Waals surface area contributed by atoms with Gasteiger partial charge in [-0.3, -0.25) is 0 Å². The summed E-state index contributed by atoms with van der Waals surface area (Å²) in [4.78, 5) is 4.53. The fourth-order valence-corrected chi connectivity index (χ4v) is 6.63. The molecule has 1 aliphatic heterocycles. The van der Waals surface area contributed by atoms with E-state index in [9.17, 15) is 8.42 Å². The Labute approximate surface area is 139 Å². The van der Waals surface area contributed by atoms with Crippen molar-refractivity contribution in [2.75, 3.05) is 13.1 Å². The average Bonchev–Trinajstić information content (AvgIpc) is 3.27. The molecule has 1 aliphatic carbocycles. The van der Waals surface area contributed by atoms with Gasteiger partial charge in [0, 0.05) is 19.5 Å². The van der Waals surface area contributed by atoms with Gasteiger partial charge in [-0.2, -0.15) is 9.29 Å². The number of hydrogen-bond acceptors (Lipinski definition) is 6. The van der Waals surface area contributed by atoms with E-state index in [-0.39, 0.29) is 11.3 Å². The summed E-state index contributed by atoms with van der Waals surface area (Å²) in [6, 6.07) is 3.45. The van der Waals surface area contributed by atoms with E-state index >= 15 is 0 Å². The maximum Gasteiger partial charge on any atom is 0.252 e. The van der Waals surface area contributed by atoms with Gasteiger partial charge in [0.15, 0.2) is 5.82 Å². The monoisotopic (exact) mass is 353 g/mol. The highest BCUT2D eigenvalue weighted by Gasteiger charge is 2.56. The third-order valence-corrected chi connectivity index (χ3v) is 8.33. The summed E-state index contributed by atoms with van der Waals surface area (Å²) < 4.78 is 33.0. The van der Waals surface area contributed by atoms with Gasteiger partial charge in [-0.1, -0.05) is 24.6 Å². The lowest BCUT2D eigenvalue weighted by Gasteiger charge is -2.24. The van der Waals surface area contributed by atoms with Crippen molar-refractivity contribution in [3.63, 3.8) is 0 Å². The van der Waals surface area contributed by atoms with E-state index in [0.29, 0.717) is 35.4 Å². The third kappa shape index (κ3) is 2.27. The number of aromatic nitrogens is 2. The second-order valence-electron chi connectivity index (χ2n) is 6.34. The fraction of sp³-hybridized carbons (Fsp3) is 0.600. The van der Waals surface area contributed by atoms with Gasteiger partial charge in [0.2, 0.25) is 5.89 Å². The number of fused-ring (bicyclic) bond motifs is 1. The molecule has 8 heteroatoms. The minimum absolute atomic E-state index is 0.277. The molecule has 2 aliphatic rings. The summed E-state index contributed by atoms with van der Waals surface area (Å²) in [6.07, 6.45) is 3.74. The molecule has 0 aromatic carbocycles. The Balaban J connectivity index is 1.69. The maximum atomic E-state index is 12.8. The van der Waals surface area contributed by atoms with Crippen molar-refractivity contribution in [1.29, 1.82) is 0 Å². The fourth-order valence-electron chi connectivity index (χ4n) is 3.93. The Hall–Kier alpha value is -1.25. The van der Waals surface area contributed by atoms with E-state index in [1.165, 1.54) is 11.3 Å². The van der Waals surface area contributed by atoms with Crippen LogP contribution in [0.5, 0.6) is 0 Å². The Morgan fingerprint density at radius 3 is 3.09 bits per heavy atom. The minimum atomic E-state index is -3.42. The van der Waals surface area contributed by atoms with Crippen LogP contribution in [0.15, 0.2) is 26.2 Å². The van der Waals surface area contributed by atoms with E-state index in [4.69, 9.17) is 4.52 Å². The SMILES string of the molecule is CCc1nc(C23CCCC2CN(S(=O)(=O)c2cccs2)C3)no1. The molecular weight excluding hydrogens is 334 g/mol. The summed E-state index contributed by atoms with van der Waals surface area (Å²) >= 11 is 1.27. The zero-order valence-electron chi connectivity index (χ0n) is 12.9. The first-order chi connectivity index (χ1) is 11.1. The van der Waals surface area contributed by atoms with Gasteiger partial charge in [0.25, 0.3) is 10.0 Å². The molecule has 23 heavy (non-hydrogen) atoms. The minimum Gasteiger partial charge on any atom is -0.339 e. The molecule has 0 amide bonds. The topological polar surface area (TPSA) is 76.3 Å². The van der Waals surface area contributed by atoms with Gasteiger partial charge >= 0.3 is 0 Å². The van der Waals surface area contributed by atoms with Crippen LogP contribution in [0.2, 0.25) is 0 Å². The highest BCUT2D eigenvalue weighted by molar-refractivity contribution is 7.91. The number of aryl methyl sites for hydroxylation is 1. The molecule has 2 unspecified atom stereocenters. The van der Waals surface area contributed by atoms with Gasteiger partial charge in [-0.15, -0.1) is 11.3 Å². The lowest BCUT2D eigenvalue weighted by molar-refractivity contribution is 0.329. The molecule has 0 N–H and O–H groups in total. The van der Waals surface area contributed by atoms with E-state index in [2.05, 4.69) is 10.1 Å². The van der Waals surface area contributed by atoms with Crippen LogP contribution in [0.25, 0.3) is 0 Å². The van der Waals surface area contributed by atoms with E-state index in [0.717, 1.165) is 19.3 Å². The van der Waals surface area contributed by atoms with E-state index < -0.39 is 10.0 Å². The zero-order valence-corrected chi connectivity index (χ0v) is 14.6. The van der Waals surface area contributed by atoms with Crippen LogP contribution in [0.3, 0.4) is 0 Å². The van der Waals surface area contributed by atoms with Gasteiger partial charge in [0.1, 0.15) is 4.21 Å². The number of thiophene rings is 1. The Morgan fingerprint density at radius 1 is 1.52 bits per heavy atom. The predicted octanol–water partition coefficient (Wildman–Crippen LogP) is 2.44. The molecule has 0 bridgehead atoms. The highest BCUT2D eigenvalue weighted by atomic mass is 32.2. The number of rotatable bonds is 4. The van der Waals surface area contributed by atoms with E-state index in [1.54, 1.807) is 21.8 Å². The highest BCUT2D eigenvalue weighted by Crippen LogP contribution is 2.50. The lowest BCUT2D eigenvalue weighted by atomic mass is 9.80. The van der Waals surface area contributed by atoms with Crippen LogP contribution in [-0.2, 0) is 21.9 Å². The summed E-state index contributed by atoms with van der Waals surface area (Å²) in [7, 11) is -3.42. The number of sulfonamides is 1. The molecule has 1 saturated heterocycles. The zero-order chi connectivity index (χ0) is 16.1. The number of nitrogens with zero attached hydrogens (tertiary/aromatic N) is 3. The molecule has 6 nitrogen and oxygen atoms in total. The molecule has 2 atom stereocenters. The quantitative estimate of drug-likeness (QED) is 0.844. The smallest absolute Gasteiger partial charge is 0.252 e. The van der Waals surface area contributed by atoms with E-state index in [1.807, 2.05) is 6.92 Å². The van der Waals surface area contributed by atoms with Crippen molar-refractivity contribution in [2.24, 2.45) is 5.92 Å². The second-order valence-corrected chi connectivity index (χ2v) is 9.45. The van der Waals surface area contributed by atoms with Crippen molar-refractivity contribution in [1.82, 2.24) is 14.4 Å². The Kier molecular flexibility index (Phi) is 3.58. The molecule has 2 aromatic heterocycles. The van der Waals surface area contributed by atoms with Crippen LogP contribution in [-0.4, -0.2) is 36.0 Å². The van der Waals surface area contributed by atoms with Gasteiger partial charge < -0.3 is 4.52 Å². The molecular formula is C15H19N3O3S2. The standard InChI is InChI=1S/C15H19N3O3S2/c1-2-12-16-14(17-21-12)15-7-3-5-11(15)9-18(10-15)23(19,20)13-6-4-8-22-13/h4,6,8,11H,2-3,5,7,9-10H2,1H3. The van der Waals surface area contributed by atoms with Crippen molar-refractivity contribution in [2.45, 2.75) is 42.2 Å². The van der Waals surface area contributed by atoms with Crippen LogP contribution in [0.1, 0.15) is 37.9 Å². The Bertz CT molecular complexity index is 800. The van der Waals surface area contributed by atoms with Gasteiger partial charge in [0.05, 0.1) is 5.41 Å². The van der Waals surface area contributed by atoms with Crippen LogP contribution >= 0.6 is 11.3 Å². The summed E-state index contributed by atoms with van der Waals surface area (Å²) in [5, 5.41) is 5.97. The normalized spacial score (nSPS) is 28.3. The first-order valence-corrected chi connectivity index (χ1v) is 10.2. The molecule has 1 saturated carbocycles. The molecule has 2 aromatic rings. The largest absolute Gasteiger partial charge is 0.339 e. The molecule has 3 heterocycles. The van der Waals surface area contributed by atoms with Crippen molar-refractivity contribution in [3.8, 4) is 0 Å². The van der Waals surface area contributed by atoms with Gasteiger partial charge in [-0.05, 0) is 30.2 Å².